The third-order valence-electron chi connectivity index (χ3n) is 4.75. The Kier molecular flexibility index (Phi) is 4.78. The molecule has 0 aliphatic carbocycles. The lowest BCUT2D eigenvalue weighted by Crippen LogP contribution is -2.13. The summed E-state index contributed by atoms with van der Waals surface area (Å²) in [5.41, 5.74) is 1.22. The fourth-order valence-corrected chi connectivity index (χ4v) is 5.47. The highest BCUT2D eigenvalue weighted by Crippen LogP contribution is 2.32. The van der Waals surface area contributed by atoms with Gasteiger partial charge < -0.3 is 4.40 Å². The van der Waals surface area contributed by atoms with E-state index < -0.39 is 0 Å². The van der Waals surface area contributed by atoms with E-state index in [1.807, 2.05) is 16.1 Å². The Balaban J connectivity index is 1.86. The molecule has 5 heterocycles. The minimum absolute atomic E-state index is 0.167. The zero-order chi connectivity index (χ0) is 20.7. The van der Waals surface area contributed by atoms with E-state index in [9.17, 15) is 14.4 Å². The van der Waals surface area contributed by atoms with Gasteiger partial charge in [0.05, 0.1) is 31.3 Å². The predicted octanol–water partition coefficient (Wildman–Crippen LogP) is 5.82. The van der Waals surface area contributed by atoms with Crippen LogP contribution < -0.4 is 0 Å². The average Bonchev–Trinajstić information content (AvgIpc) is 3.58. The molecule has 5 rings (SSSR count). The monoisotopic (exact) mass is 447 g/mol. The number of ketones is 3. The van der Waals surface area contributed by atoms with Crippen LogP contribution in [0.1, 0.15) is 45.8 Å². The molecule has 0 N–H and O–H groups in total. The maximum absolute atomic E-state index is 13.6. The summed E-state index contributed by atoms with van der Waals surface area (Å²) in [7, 11) is 0. The van der Waals surface area contributed by atoms with E-state index in [0.29, 0.717) is 20.1 Å². The minimum atomic E-state index is -0.312. The third kappa shape index (κ3) is 2.99. The van der Waals surface area contributed by atoms with Crippen LogP contribution in [0.15, 0.2) is 76.9 Å². The number of hydrogen-bond donors (Lipinski definition) is 0. The fraction of sp³-hybridized carbons (Fsp3) is 0. The van der Waals surface area contributed by atoms with Gasteiger partial charge in [0.1, 0.15) is 5.69 Å². The summed E-state index contributed by atoms with van der Waals surface area (Å²) in [5, 5.41) is 5.45. The van der Waals surface area contributed by atoms with E-state index in [1.54, 1.807) is 65.2 Å². The molecule has 0 saturated carbocycles. The van der Waals surface area contributed by atoms with Crippen molar-refractivity contribution >= 4 is 56.9 Å². The highest BCUT2D eigenvalue weighted by molar-refractivity contribution is 7.13. The molecule has 0 aliphatic rings. The van der Waals surface area contributed by atoms with E-state index >= 15 is 0 Å². The number of thiophene rings is 3. The van der Waals surface area contributed by atoms with Gasteiger partial charge in [0, 0.05) is 6.20 Å². The zero-order valence-electron chi connectivity index (χ0n) is 15.4. The summed E-state index contributed by atoms with van der Waals surface area (Å²) in [6, 6.07) is 15.9. The van der Waals surface area contributed by atoms with Crippen molar-refractivity contribution in [2.24, 2.45) is 0 Å². The number of aromatic nitrogens is 1. The number of carbonyl (C=O) groups excluding carboxylic acids is 3. The van der Waals surface area contributed by atoms with Crippen molar-refractivity contribution in [2.45, 2.75) is 0 Å². The lowest BCUT2D eigenvalue weighted by atomic mass is 9.98. The highest BCUT2D eigenvalue weighted by atomic mass is 32.1. The van der Waals surface area contributed by atoms with Gasteiger partial charge >= 0.3 is 0 Å². The topological polar surface area (TPSA) is 55.6 Å². The quantitative estimate of drug-likeness (QED) is 0.308. The van der Waals surface area contributed by atoms with Gasteiger partial charge in [0.2, 0.25) is 17.3 Å². The molecular formula is C23H13NO3S3. The van der Waals surface area contributed by atoms with Crippen LogP contribution in [0.2, 0.25) is 0 Å². The van der Waals surface area contributed by atoms with Crippen molar-refractivity contribution in [2.75, 3.05) is 0 Å². The molecule has 0 spiro atoms. The van der Waals surface area contributed by atoms with Crippen LogP contribution in [0.3, 0.4) is 0 Å². The van der Waals surface area contributed by atoms with Crippen molar-refractivity contribution in [1.29, 1.82) is 0 Å². The van der Waals surface area contributed by atoms with Crippen LogP contribution in [-0.4, -0.2) is 21.8 Å². The van der Waals surface area contributed by atoms with Gasteiger partial charge in [0.25, 0.3) is 0 Å². The van der Waals surface area contributed by atoms with E-state index in [1.165, 1.54) is 34.0 Å². The van der Waals surface area contributed by atoms with Crippen LogP contribution in [0.5, 0.6) is 0 Å². The first-order valence-electron chi connectivity index (χ1n) is 9.04. The summed E-state index contributed by atoms with van der Waals surface area (Å²) in [6.45, 7) is 0. The molecule has 5 aromatic rings. The maximum atomic E-state index is 13.6. The Hall–Kier alpha value is -3.13. The Morgan fingerprint density at radius 3 is 1.67 bits per heavy atom. The number of rotatable bonds is 6. The minimum Gasteiger partial charge on any atom is -0.312 e. The molecule has 146 valence electrons. The van der Waals surface area contributed by atoms with Crippen LogP contribution in [0, 0.1) is 0 Å². The molecule has 30 heavy (non-hydrogen) atoms. The van der Waals surface area contributed by atoms with Gasteiger partial charge in [-0.05, 0) is 46.5 Å². The van der Waals surface area contributed by atoms with Crippen molar-refractivity contribution < 1.29 is 14.4 Å². The van der Waals surface area contributed by atoms with Gasteiger partial charge in [-0.1, -0.05) is 24.3 Å². The molecule has 0 unspecified atom stereocenters. The SMILES string of the molecule is O=C(c1cccs1)c1c(C(=O)c2cccs2)c2ccccn2c1C(=O)c1cccs1. The smallest absolute Gasteiger partial charge is 0.220 e. The van der Waals surface area contributed by atoms with Gasteiger partial charge in [-0.15, -0.1) is 34.0 Å². The van der Waals surface area contributed by atoms with Crippen molar-refractivity contribution in [3.63, 3.8) is 0 Å². The first-order valence-corrected chi connectivity index (χ1v) is 11.7. The second kappa shape index (κ2) is 7.60. The Labute approximate surface area is 183 Å². The standard InChI is InChI=1S/C23H13NO3S3/c25-21(15-7-3-11-28-15)18-14-6-1-2-10-24(14)20(23(27)17-9-5-13-30-17)19(18)22(26)16-8-4-12-29-16/h1-13H. The third-order valence-corrected chi connectivity index (χ3v) is 7.35. The molecule has 0 fully saturated rings. The Morgan fingerprint density at radius 1 is 0.600 bits per heavy atom. The van der Waals surface area contributed by atoms with Crippen LogP contribution >= 0.6 is 34.0 Å². The van der Waals surface area contributed by atoms with E-state index in [-0.39, 0.29) is 34.2 Å². The van der Waals surface area contributed by atoms with E-state index in [4.69, 9.17) is 0 Å². The summed E-state index contributed by atoms with van der Waals surface area (Å²) >= 11 is 3.93. The molecule has 0 atom stereocenters. The molecule has 5 aromatic heterocycles. The molecule has 0 bridgehead atoms. The zero-order valence-corrected chi connectivity index (χ0v) is 17.9. The van der Waals surface area contributed by atoms with Gasteiger partial charge in [-0.3, -0.25) is 14.4 Å². The van der Waals surface area contributed by atoms with Crippen LogP contribution in [-0.2, 0) is 0 Å². The van der Waals surface area contributed by atoms with Gasteiger partial charge in [-0.2, -0.15) is 0 Å². The maximum Gasteiger partial charge on any atom is 0.220 e. The summed E-state index contributed by atoms with van der Waals surface area (Å²) in [6.07, 6.45) is 1.73. The lowest BCUT2D eigenvalue weighted by Gasteiger charge is -2.05. The van der Waals surface area contributed by atoms with Crippen molar-refractivity contribution in [1.82, 2.24) is 4.40 Å². The first kappa shape index (κ1) is 18.9. The molecule has 0 amide bonds. The van der Waals surface area contributed by atoms with Crippen molar-refractivity contribution in [3.05, 3.63) is 108 Å². The second-order valence-electron chi connectivity index (χ2n) is 6.47. The molecule has 0 aliphatic heterocycles. The number of hydrogen-bond acceptors (Lipinski definition) is 6. The summed E-state index contributed by atoms with van der Waals surface area (Å²) in [4.78, 5) is 42.1. The average molecular weight is 448 g/mol. The molecule has 0 saturated heterocycles. The summed E-state index contributed by atoms with van der Waals surface area (Å²) < 4.78 is 1.67. The van der Waals surface area contributed by atoms with E-state index in [2.05, 4.69) is 0 Å². The summed E-state index contributed by atoms with van der Waals surface area (Å²) in [5.74, 6) is -0.830. The number of nitrogens with zero attached hydrogens (tertiary/aromatic N) is 1. The molecule has 0 aromatic carbocycles. The van der Waals surface area contributed by atoms with Crippen molar-refractivity contribution in [3.8, 4) is 0 Å². The van der Waals surface area contributed by atoms with Crippen LogP contribution in [0.25, 0.3) is 5.52 Å². The highest BCUT2D eigenvalue weighted by Gasteiger charge is 2.33. The second-order valence-corrected chi connectivity index (χ2v) is 9.32. The Bertz CT molecular complexity index is 1290. The lowest BCUT2D eigenvalue weighted by molar-refractivity contribution is 0.0995. The number of carbonyl (C=O) groups is 3. The van der Waals surface area contributed by atoms with Gasteiger partial charge in [0.15, 0.2) is 0 Å². The number of fused-ring (bicyclic) bond motifs is 1. The molecule has 7 heteroatoms. The van der Waals surface area contributed by atoms with Gasteiger partial charge in [-0.25, -0.2) is 0 Å². The predicted molar refractivity (Wildman–Crippen MR) is 121 cm³/mol. The Morgan fingerprint density at radius 2 is 1.13 bits per heavy atom. The normalized spacial score (nSPS) is 11.1. The fourth-order valence-electron chi connectivity index (χ4n) is 3.47. The van der Waals surface area contributed by atoms with E-state index in [0.717, 1.165) is 0 Å². The number of pyridine rings is 1. The first-order chi connectivity index (χ1) is 14.7. The molecule has 0 radical (unpaired) electrons. The van der Waals surface area contributed by atoms with Crippen LogP contribution in [0.4, 0.5) is 0 Å². The molecule has 4 nitrogen and oxygen atoms in total. The largest absolute Gasteiger partial charge is 0.312 e. The molecular weight excluding hydrogens is 434 g/mol.